The minimum atomic E-state index is -0.0677. The van der Waals surface area contributed by atoms with Crippen molar-refractivity contribution in [3.8, 4) is 0 Å². The van der Waals surface area contributed by atoms with Gasteiger partial charge in [0.2, 0.25) is 5.91 Å². The highest BCUT2D eigenvalue weighted by Gasteiger charge is 2.36. The van der Waals surface area contributed by atoms with Crippen molar-refractivity contribution >= 4 is 22.6 Å². The Morgan fingerprint density at radius 3 is 2.62 bits per heavy atom. The summed E-state index contributed by atoms with van der Waals surface area (Å²) < 4.78 is 0. The van der Waals surface area contributed by atoms with E-state index in [-0.39, 0.29) is 23.1 Å². The molecule has 154 valence electrons. The topological polar surface area (TPSA) is 40.6 Å². The average Bonchev–Trinajstić information content (AvgIpc) is 2.78. The quantitative estimate of drug-likeness (QED) is 0.758. The van der Waals surface area contributed by atoms with Gasteiger partial charge in [0, 0.05) is 31.7 Å². The second kappa shape index (κ2) is 8.17. The van der Waals surface area contributed by atoms with Crippen LogP contribution in [0, 0.1) is 11.3 Å². The summed E-state index contributed by atoms with van der Waals surface area (Å²) in [6.45, 7) is 7.51. The van der Waals surface area contributed by atoms with Crippen molar-refractivity contribution in [2.45, 2.75) is 46.0 Å². The maximum absolute atomic E-state index is 13.3. The van der Waals surface area contributed by atoms with Crippen LogP contribution in [0.3, 0.4) is 0 Å². The third-order valence-electron chi connectivity index (χ3n) is 7.02. The fourth-order valence-corrected chi connectivity index (χ4v) is 5.00. The highest BCUT2D eigenvalue weighted by Crippen LogP contribution is 2.34. The van der Waals surface area contributed by atoms with Crippen molar-refractivity contribution in [1.29, 1.82) is 0 Å². The Bertz CT molecular complexity index is 903. The van der Waals surface area contributed by atoms with Crippen LogP contribution in [-0.2, 0) is 4.79 Å². The first-order chi connectivity index (χ1) is 14.0. The molecule has 2 heterocycles. The highest BCUT2D eigenvalue weighted by molar-refractivity contribution is 6.07. The number of piperidine rings is 2. The Labute approximate surface area is 173 Å². The molecule has 2 aromatic rings. The molecule has 2 unspecified atom stereocenters. The molecule has 2 amide bonds. The summed E-state index contributed by atoms with van der Waals surface area (Å²) in [6.07, 6.45) is 5.17. The van der Waals surface area contributed by atoms with Gasteiger partial charge in [0.25, 0.3) is 5.91 Å². The van der Waals surface area contributed by atoms with Gasteiger partial charge in [-0.1, -0.05) is 50.2 Å². The van der Waals surface area contributed by atoms with Crippen molar-refractivity contribution in [2.75, 3.05) is 26.2 Å². The monoisotopic (exact) mass is 392 g/mol. The summed E-state index contributed by atoms with van der Waals surface area (Å²) in [7, 11) is 0. The lowest BCUT2D eigenvalue weighted by atomic mass is 9.79. The zero-order valence-corrected chi connectivity index (χ0v) is 17.7. The number of carbonyl (C=O) groups excluding carboxylic acids is 2. The van der Waals surface area contributed by atoms with Gasteiger partial charge in [0.1, 0.15) is 0 Å². The first kappa shape index (κ1) is 19.9. The molecule has 2 atom stereocenters. The molecule has 2 aliphatic heterocycles. The lowest BCUT2D eigenvalue weighted by Gasteiger charge is -2.42. The standard InChI is InChI=1S/C25H32N2O2/c1-3-25(2)14-8-16-27(18-25)23(28)20-11-7-15-26(17-20)24(29)22-13-6-10-19-9-4-5-12-21(19)22/h4-6,9-10,12-13,20H,3,7-8,11,14-18H2,1-2H3. The largest absolute Gasteiger partial charge is 0.342 e. The molecule has 2 saturated heterocycles. The maximum atomic E-state index is 13.3. The van der Waals surface area contributed by atoms with Gasteiger partial charge in [0.05, 0.1) is 5.92 Å². The molecule has 0 aliphatic carbocycles. The number of fused-ring (bicyclic) bond motifs is 1. The first-order valence-corrected chi connectivity index (χ1v) is 11.1. The number of hydrogen-bond acceptors (Lipinski definition) is 2. The molecular weight excluding hydrogens is 360 g/mol. The van der Waals surface area contributed by atoms with Crippen molar-refractivity contribution in [3.05, 3.63) is 48.0 Å². The molecular formula is C25H32N2O2. The third-order valence-corrected chi connectivity index (χ3v) is 7.02. The molecule has 0 aromatic heterocycles. The van der Waals surface area contributed by atoms with Gasteiger partial charge in [-0.25, -0.2) is 0 Å². The van der Waals surface area contributed by atoms with Crippen LogP contribution in [-0.4, -0.2) is 47.8 Å². The number of carbonyl (C=O) groups is 2. The number of nitrogens with zero attached hydrogens (tertiary/aromatic N) is 2. The summed E-state index contributed by atoms with van der Waals surface area (Å²) in [6, 6.07) is 13.9. The van der Waals surface area contributed by atoms with Crippen LogP contribution >= 0.6 is 0 Å². The molecule has 0 radical (unpaired) electrons. The number of likely N-dealkylation sites (tertiary alicyclic amines) is 2. The highest BCUT2D eigenvalue weighted by atomic mass is 16.2. The van der Waals surface area contributed by atoms with Crippen LogP contribution in [0.5, 0.6) is 0 Å². The normalized spacial score (nSPS) is 25.2. The van der Waals surface area contributed by atoms with Crippen molar-refractivity contribution in [3.63, 3.8) is 0 Å². The van der Waals surface area contributed by atoms with Gasteiger partial charge in [-0.2, -0.15) is 0 Å². The van der Waals surface area contributed by atoms with Crippen LogP contribution in [0.2, 0.25) is 0 Å². The number of benzene rings is 2. The molecule has 2 aliphatic rings. The van der Waals surface area contributed by atoms with Gasteiger partial charge in [-0.05, 0) is 54.4 Å². The van der Waals surface area contributed by atoms with E-state index in [0.717, 1.165) is 61.7 Å². The Hall–Kier alpha value is -2.36. The second-order valence-corrected chi connectivity index (χ2v) is 9.14. The zero-order chi connectivity index (χ0) is 20.4. The molecule has 4 rings (SSSR count). The zero-order valence-electron chi connectivity index (χ0n) is 17.7. The van der Waals surface area contributed by atoms with Crippen LogP contribution in [0.15, 0.2) is 42.5 Å². The summed E-state index contributed by atoms with van der Waals surface area (Å²) in [5, 5.41) is 2.07. The molecule has 2 fully saturated rings. The third kappa shape index (κ3) is 4.03. The van der Waals surface area contributed by atoms with E-state index in [9.17, 15) is 9.59 Å². The Morgan fingerprint density at radius 2 is 1.79 bits per heavy atom. The second-order valence-electron chi connectivity index (χ2n) is 9.14. The number of hydrogen-bond donors (Lipinski definition) is 0. The number of rotatable bonds is 3. The predicted molar refractivity (Wildman–Crippen MR) is 117 cm³/mol. The number of amides is 2. The summed E-state index contributed by atoms with van der Waals surface area (Å²) in [5.41, 5.74) is 0.980. The van der Waals surface area contributed by atoms with Crippen molar-refractivity contribution in [1.82, 2.24) is 9.80 Å². The Kier molecular flexibility index (Phi) is 5.62. The fourth-order valence-electron chi connectivity index (χ4n) is 5.00. The molecule has 4 heteroatoms. The SMILES string of the molecule is CCC1(C)CCCN(C(=O)C2CCCN(C(=O)c3cccc4ccccc34)C2)C1. The van der Waals surface area contributed by atoms with Crippen LogP contribution in [0.4, 0.5) is 0 Å². The molecule has 0 spiro atoms. The van der Waals surface area contributed by atoms with E-state index in [2.05, 4.69) is 18.7 Å². The van der Waals surface area contributed by atoms with Crippen LogP contribution in [0.25, 0.3) is 10.8 Å². The Balaban J connectivity index is 1.49. The van der Waals surface area contributed by atoms with Gasteiger partial charge < -0.3 is 9.80 Å². The van der Waals surface area contributed by atoms with Gasteiger partial charge in [-0.3, -0.25) is 9.59 Å². The minimum Gasteiger partial charge on any atom is -0.342 e. The van der Waals surface area contributed by atoms with Gasteiger partial charge in [-0.15, -0.1) is 0 Å². The molecule has 29 heavy (non-hydrogen) atoms. The lowest BCUT2D eigenvalue weighted by molar-refractivity contribution is -0.140. The average molecular weight is 393 g/mol. The summed E-state index contributed by atoms with van der Waals surface area (Å²) in [4.78, 5) is 30.5. The van der Waals surface area contributed by atoms with Gasteiger partial charge >= 0.3 is 0 Å². The summed E-state index contributed by atoms with van der Waals surface area (Å²) >= 11 is 0. The molecule has 4 nitrogen and oxygen atoms in total. The van der Waals surface area contributed by atoms with E-state index < -0.39 is 0 Å². The van der Waals surface area contributed by atoms with E-state index in [1.54, 1.807) is 0 Å². The van der Waals surface area contributed by atoms with E-state index in [1.165, 1.54) is 6.42 Å². The predicted octanol–water partition coefficient (Wildman–Crippen LogP) is 4.73. The van der Waals surface area contributed by atoms with Crippen molar-refractivity contribution < 1.29 is 9.59 Å². The summed E-state index contributed by atoms with van der Waals surface area (Å²) in [5.74, 6) is 0.234. The molecule has 0 bridgehead atoms. The first-order valence-electron chi connectivity index (χ1n) is 11.1. The fraction of sp³-hybridized carbons (Fsp3) is 0.520. The van der Waals surface area contributed by atoms with Crippen molar-refractivity contribution in [2.24, 2.45) is 11.3 Å². The smallest absolute Gasteiger partial charge is 0.254 e. The maximum Gasteiger partial charge on any atom is 0.254 e. The van der Waals surface area contributed by atoms with Gasteiger partial charge in [0.15, 0.2) is 0 Å². The van der Waals surface area contributed by atoms with E-state index in [1.807, 2.05) is 47.4 Å². The van der Waals surface area contributed by atoms with Crippen LogP contribution < -0.4 is 0 Å². The van der Waals surface area contributed by atoms with E-state index in [4.69, 9.17) is 0 Å². The Morgan fingerprint density at radius 1 is 1.03 bits per heavy atom. The molecule has 0 N–H and O–H groups in total. The minimum absolute atomic E-state index is 0.0522. The van der Waals surface area contributed by atoms with Crippen LogP contribution in [0.1, 0.15) is 56.3 Å². The molecule has 2 aromatic carbocycles. The molecule has 0 saturated carbocycles. The lowest BCUT2D eigenvalue weighted by Crippen LogP contribution is -2.51. The van der Waals surface area contributed by atoms with E-state index in [0.29, 0.717) is 6.54 Å². The van der Waals surface area contributed by atoms with E-state index >= 15 is 0 Å².